The molecule has 0 aliphatic carbocycles. The zero-order valence-electron chi connectivity index (χ0n) is 10.8. The number of rotatable bonds is 5. The predicted octanol–water partition coefficient (Wildman–Crippen LogP) is 0.364. The number of likely N-dealkylation sites (tertiary alicyclic amines) is 1. The van der Waals surface area contributed by atoms with E-state index >= 15 is 0 Å². The van der Waals surface area contributed by atoms with Gasteiger partial charge in [0, 0.05) is 6.54 Å². The molecular formula is C12H18N2O5. The standard InChI is InChI=1S/C12H18N2O5/c1-3-5-12(6-4-7-14(12)11(17)18)10(16)13-8-9(15)19-2/h3H,1,4-8H2,2H3,(H,13,16)(H,17,18). The third-order valence-corrected chi connectivity index (χ3v) is 3.25. The number of nitrogens with one attached hydrogen (secondary N) is 1. The number of methoxy groups -OCH3 is 1. The van der Waals surface area contributed by atoms with Crippen LogP contribution in [0.2, 0.25) is 0 Å². The molecule has 19 heavy (non-hydrogen) atoms. The molecule has 0 radical (unpaired) electrons. The molecule has 1 unspecified atom stereocenters. The second-order valence-corrected chi connectivity index (χ2v) is 4.32. The van der Waals surface area contributed by atoms with Crippen LogP contribution < -0.4 is 5.32 Å². The van der Waals surface area contributed by atoms with Gasteiger partial charge in [0.15, 0.2) is 0 Å². The Labute approximate surface area is 111 Å². The van der Waals surface area contributed by atoms with Gasteiger partial charge in [0.1, 0.15) is 12.1 Å². The number of hydrogen-bond acceptors (Lipinski definition) is 4. The van der Waals surface area contributed by atoms with Gasteiger partial charge in [-0.15, -0.1) is 6.58 Å². The average Bonchev–Trinajstić information content (AvgIpc) is 2.81. The number of carbonyl (C=O) groups is 3. The van der Waals surface area contributed by atoms with Gasteiger partial charge >= 0.3 is 12.1 Å². The van der Waals surface area contributed by atoms with Crippen molar-refractivity contribution in [2.75, 3.05) is 20.2 Å². The Kier molecular flexibility index (Phi) is 4.91. The third-order valence-electron chi connectivity index (χ3n) is 3.25. The summed E-state index contributed by atoms with van der Waals surface area (Å²) in [6.07, 6.45) is 1.60. The summed E-state index contributed by atoms with van der Waals surface area (Å²) < 4.78 is 4.43. The molecule has 1 aliphatic heterocycles. The van der Waals surface area contributed by atoms with E-state index in [0.29, 0.717) is 19.4 Å². The molecule has 7 heteroatoms. The van der Waals surface area contributed by atoms with Gasteiger partial charge in [0.2, 0.25) is 5.91 Å². The minimum absolute atomic E-state index is 0.215. The fourth-order valence-corrected chi connectivity index (χ4v) is 2.33. The first-order valence-corrected chi connectivity index (χ1v) is 5.94. The third kappa shape index (κ3) is 3.04. The predicted molar refractivity (Wildman–Crippen MR) is 66.5 cm³/mol. The van der Waals surface area contributed by atoms with Crippen molar-refractivity contribution < 1.29 is 24.2 Å². The smallest absolute Gasteiger partial charge is 0.408 e. The highest BCUT2D eigenvalue weighted by Gasteiger charge is 2.48. The van der Waals surface area contributed by atoms with Crippen molar-refractivity contribution in [1.29, 1.82) is 0 Å². The Balaban J connectivity index is 2.86. The molecule has 1 rings (SSSR count). The molecule has 0 aromatic carbocycles. The highest BCUT2D eigenvalue weighted by molar-refractivity contribution is 5.92. The maximum Gasteiger partial charge on any atom is 0.408 e. The Morgan fingerprint density at radius 3 is 2.74 bits per heavy atom. The monoisotopic (exact) mass is 270 g/mol. The minimum atomic E-state index is -1.17. The van der Waals surface area contributed by atoms with E-state index in [2.05, 4.69) is 16.6 Å². The van der Waals surface area contributed by atoms with Gasteiger partial charge in [-0.2, -0.15) is 0 Å². The van der Waals surface area contributed by atoms with Crippen LogP contribution >= 0.6 is 0 Å². The summed E-state index contributed by atoms with van der Waals surface area (Å²) in [5.74, 6) is -1.07. The molecule has 7 nitrogen and oxygen atoms in total. The minimum Gasteiger partial charge on any atom is -0.468 e. The van der Waals surface area contributed by atoms with Crippen molar-refractivity contribution in [3.63, 3.8) is 0 Å². The topological polar surface area (TPSA) is 95.9 Å². The maximum absolute atomic E-state index is 12.2. The Morgan fingerprint density at radius 1 is 1.53 bits per heavy atom. The summed E-state index contributed by atoms with van der Waals surface area (Å²) in [5, 5.41) is 11.6. The molecule has 2 amide bonds. The van der Waals surface area contributed by atoms with E-state index in [1.807, 2.05) is 0 Å². The fraction of sp³-hybridized carbons (Fsp3) is 0.583. The number of ether oxygens (including phenoxy) is 1. The lowest BCUT2D eigenvalue weighted by atomic mass is 9.91. The second-order valence-electron chi connectivity index (χ2n) is 4.32. The van der Waals surface area contributed by atoms with Crippen molar-refractivity contribution in [3.05, 3.63) is 12.7 Å². The van der Waals surface area contributed by atoms with E-state index < -0.39 is 23.5 Å². The Bertz CT molecular complexity index is 396. The van der Waals surface area contributed by atoms with Gasteiger partial charge in [0.05, 0.1) is 7.11 Å². The van der Waals surface area contributed by atoms with E-state index in [0.717, 1.165) is 4.90 Å². The highest BCUT2D eigenvalue weighted by atomic mass is 16.5. The molecule has 1 atom stereocenters. The van der Waals surface area contributed by atoms with Gasteiger partial charge in [-0.1, -0.05) is 6.08 Å². The van der Waals surface area contributed by atoms with Crippen LogP contribution in [0.5, 0.6) is 0 Å². The van der Waals surface area contributed by atoms with Crippen molar-refractivity contribution in [2.45, 2.75) is 24.8 Å². The number of hydrogen-bond donors (Lipinski definition) is 2. The van der Waals surface area contributed by atoms with Gasteiger partial charge in [-0.3, -0.25) is 14.5 Å². The first kappa shape index (κ1) is 15.0. The SMILES string of the molecule is C=CCC1(C(=O)NCC(=O)OC)CCCN1C(=O)O. The molecule has 1 aliphatic rings. The lowest BCUT2D eigenvalue weighted by molar-refractivity contribution is -0.142. The van der Waals surface area contributed by atoms with Crippen LogP contribution in [-0.4, -0.2) is 53.7 Å². The molecule has 2 N–H and O–H groups in total. The lowest BCUT2D eigenvalue weighted by Crippen LogP contribution is -2.57. The van der Waals surface area contributed by atoms with Gasteiger partial charge in [-0.25, -0.2) is 4.79 Å². The zero-order chi connectivity index (χ0) is 14.5. The molecule has 0 saturated carbocycles. The molecular weight excluding hydrogens is 252 g/mol. The number of carboxylic acid groups (broad SMARTS) is 1. The molecule has 106 valence electrons. The molecule has 0 bridgehead atoms. The van der Waals surface area contributed by atoms with Gasteiger partial charge in [0.25, 0.3) is 0 Å². The average molecular weight is 270 g/mol. The zero-order valence-corrected chi connectivity index (χ0v) is 10.8. The van der Waals surface area contributed by atoms with Gasteiger partial charge < -0.3 is 15.2 Å². The van der Waals surface area contributed by atoms with Crippen LogP contribution in [0, 0.1) is 0 Å². The van der Waals surface area contributed by atoms with Crippen molar-refractivity contribution in [1.82, 2.24) is 10.2 Å². The van der Waals surface area contributed by atoms with Crippen LogP contribution in [0.1, 0.15) is 19.3 Å². The lowest BCUT2D eigenvalue weighted by Gasteiger charge is -2.34. The number of nitrogens with zero attached hydrogens (tertiary/aromatic N) is 1. The molecule has 1 heterocycles. The Hall–Kier alpha value is -2.05. The van der Waals surface area contributed by atoms with Crippen LogP contribution in [0.15, 0.2) is 12.7 Å². The summed E-state index contributed by atoms with van der Waals surface area (Å²) in [7, 11) is 1.22. The largest absolute Gasteiger partial charge is 0.468 e. The molecule has 0 aromatic rings. The second kappa shape index (κ2) is 6.21. The molecule has 0 aromatic heterocycles. The van der Waals surface area contributed by atoms with E-state index in [1.165, 1.54) is 13.2 Å². The summed E-state index contributed by atoms with van der Waals surface area (Å²) in [6.45, 7) is 3.59. The highest BCUT2D eigenvalue weighted by Crippen LogP contribution is 2.33. The summed E-state index contributed by atoms with van der Waals surface area (Å²) in [5.41, 5.74) is -1.17. The van der Waals surface area contributed by atoms with Crippen molar-refractivity contribution in [2.24, 2.45) is 0 Å². The van der Waals surface area contributed by atoms with E-state index in [1.54, 1.807) is 0 Å². The molecule has 0 spiro atoms. The summed E-state index contributed by atoms with van der Waals surface area (Å²) in [6, 6.07) is 0. The summed E-state index contributed by atoms with van der Waals surface area (Å²) >= 11 is 0. The number of carbonyl (C=O) groups excluding carboxylic acids is 2. The number of amides is 2. The van der Waals surface area contributed by atoms with Crippen LogP contribution in [-0.2, 0) is 14.3 Å². The van der Waals surface area contributed by atoms with E-state index in [9.17, 15) is 14.4 Å². The van der Waals surface area contributed by atoms with E-state index in [4.69, 9.17) is 5.11 Å². The van der Waals surface area contributed by atoms with Crippen LogP contribution in [0.4, 0.5) is 4.79 Å². The van der Waals surface area contributed by atoms with Crippen molar-refractivity contribution >= 4 is 18.0 Å². The maximum atomic E-state index is 12.2. The van der Waals surface area contributed by atoms with Gasteiger partial charge in [-0.05, 0) is 19.3 Å². The fourth-order valence-electron chi connectivity index (χ4n) is 2.33. The molecule has 1 fully saturated rings. The Morgan fingerprint density at radius 2 is 2.21 bits per heavy atom. The first-order chi connectivity index (χ1) is 8.97. The molecule has 1 saturated heterocycles. The van der Waals surface area contributed by atoms with E-state index in [-0.39, 0.29) is 13.0 Å². The summed E-state index contributed by atoms with van der Waals surface area (Å²) in [4.78, 5) is 35.6. The van der Waals surface area contributed by atoms with Crippen LogP contribution in [0.25, 0.3) is 0 Å². The normalized spacial score (nSPS) is 21.8. The van der Waals surface area contributed by atoms with Crippen molar-refractivity contribution in [3.8, 4) is 0 Å². The number of esters is 1. The first-order valence-electron chi connectivity index (χ1n) is 5.94. The van der Waals surface area contributed by atoms with Crippen LogP contribution in [0.3, 0.4) is 0 Å². The quantitative estimate of drug-likeness (QED) is 0.555.